The molecule has 1 N–H and O–H groups in total. The third-order valence-corrected chi connectivity index (χ3v) is 4.68. The maximum absolute atomic E-state index is 13.2. The highest BCUT2D eigenvalue weighted by Crippen LogP contribution is 2.18. The van der Waals surface area contributed by atoms with E-state index in [4.69, 9.17) is 0 Å². The number of anilines is 1. The van der Waals surface area contributed by atoms with Crippen molar-refractivity contribution < 1.29 is 9.18 Å². The summed E-state index contributed by atoms with van der Waals surface area (Å²) in [6.45, 7) is 1.76. The number of aromatic nitrogens is 5. The lowest BCUT2D eigenvalue weighted by Crippen LogP contribution is -2.37. The van der Waals surface area contributed by atoms with Gasteiger partial charge in [-0.1, -0.05) is 0 Å². The average molecular weight is 408 g/mol. The smallest absolute Gasteiger partial charge is 0.305 e. The van der Waals surface area contributed by atoms with Gasteiger partial charge in [0.05, 0.1) is 16.8 Å². The number of aryl methyl sites for hydroxylation is 2. The summed E-state index contributed by atoms with van der Waals surface area (Å²) < 4.78 is 16.9. The van der Waals surface area contributed by atoms with Gasteiger partial charge in [-0.3, -0.25) is 18.7 Å². The number of fused-ring (bicyclic) bond motifs is 1. The van der Waals surface area contributed by atoms with Crippen LogP contribution in [-0.2, 0) is 14.1 Å². The molecule has 3 aromatic heterocycles. The van der Waals surface area contributed by atoms with E-state index in [1.54, 1.807) is 13.0 Å². The molecule has 0 aliphatic heterocycles. The molecular weight excluding hydrogens is 391 g/mol. The fraction of sp³-hybridized carbons (Fsp3) is 0.150. The Kier molecular flexibility index (Phi) is 4.53. The highest BCUT2D eigenvalue weighted by atomic mass is 19.1. The minimum Gasteiger partial charge on any atom is -0.305 e. The van der Waals surface area contributed by atoms with Gasteiger partial charge >= 0.3 is 5.69 Å². The molecule has 10 heteroatoms. The van der Waals surface area contributed by atoms with Crippen LogP contribution in [0.5, 0.6) is 0 Å². The number of nitrogens with one attached hydrogen (secondary N) is 1. The average Bonchev–Trinajstić information content (AvgIpc) is 3.10. The SMILES string of the molecule is Cc1cc(NC(=O)c2ccc3c(=O)n(C)c(=O)n(C)c3n2)n(-c2ccc(F)cc2)n1. The number of carbonyl (C=O) groups is 1. The molecule has 1 aromatic carbocycles. The molecule has 0 aliphatic carbocycles. The number of hydrogen-bond acceptors (Lipinski definition) is 5. The zero-order valence-corrected chi connectivity index (χ0v) is 16.4. The molecule has 0 saturated heterocycles. The van der Waals surface area contributed by atoms with E-state index in [0.717, 1.165) is 4.57 Å². The fourth-order valence-electron chi connectivity index (χ4n) is 3.13. The van der Waals surface area contributed by atoms with Gasteiger partial charge in [0.15, 0.2) is 0 Å². The lowest BCUT2D eigenvalue weighted by Gasteiger charge is -2.10. The minimum absolute atomic E-state index is 0.0234. The van der Waals surface area contributed by atoms with E-state index in [-0.39, 0.29) is 22.5 Å². The van der Waals surface area contributed by atoms with E-state index in [1.807, 2.05) is 0 Å². The Morgan fingerprint density at radius 3 is 2.43 bits per heavy atom. The van der Waals surface area contributed by atoms with Gasteiger partial charge in [0.1, 0.15) is 23.0 Å². The molecule has 9 nitrogen and oxygen atoms in total. The van der Waals surface area contributed by atoms with E-state index < -0.39 is 17.2 Å². The zero-order chi connectivity index (χ0) is 21.6. The minimum atomic E-state index is -0.548. The molecule has 0 radical (unpaired) electrons. The number of benzene rings is 1. The van der Waals surface area contributed by atoms with Gasteiger partial charge in [-0.15, -0.1) is 0 Å². The quantitative estimate of drug-likeness (QED) is 0.554. The van der Waals surface area contributed by atoms with Crippen LogP contribution >= 0.6 is 0 Å². The van der Waals surface area contributed by atoms with Gasteiger partial charge in [-0.2, -0.15) is 5.10 Å². The molecule has 0 saturated carbocycles. The maximum Gasteiger partial charge on any atom is 0.332 e. The summed E-state index contributed by atoms with van der Waals surface area (Å²) >= 11 is 0. The Morgan fingerprint density at radius 1 is 1.03 bits per heavy atom. The Labute approximate surface area is 169 Å². The molecule has 0 aliphatic rings. The predicted molar refractivity (Wildman–Crippen MR) is 108 cm³/mol. The molecule has 30 heavy (non-hydrogen) atoms. The Balaban J connectivity index is 1.73. The van der Waals surface area contributed by atoms with E-state index >= 15 is 0 Å². The largest absolute Gasteiger partial charge is 0.332 e. The second-order valence-corrected chi connectivity index (χ2v) is 6.79. The number of amides is 1. The number of rotatable bonds is 3. The standard InChI is InChI=1S/C20H17FN6O3/c1-11-10-16(27(24-11)13-6-4-12(21)5-7-13)23-18(28)15-9-8-14-17(22-15)25(2)20(30)26(3)19(14)29/h4-10H,1-3H3,(H,23,28). The molecule has 0 bridgehead atoms. The van der Waals surface area contributed by atoms with Gasteiger partial charge in [-0.25, -0.2) is 18.9 Å². The van der Waals surface area contributed by atoms with Crippen LogP contribution in [-0.4, -0.2) is 29.8 Å². The molecule has 4 rings (SSSR count). The predicted octanol–water partition coefficient (Wildman–Crippen LogP) is 1.52. The number of carbonyl (C=O) groups excluding carboxylic acids is 1. The van der Waals surface area contributed by atoms with Crippen LogP contribution in [0.3, 0.4) is 0 Å². The van der Waals surface area contributed by atoms with Crippen LogP contribution in [0.1, 0.15) is 16.2 Å². The Morgan fingerprint density at radius 2 is 1.73 bits per heavy atom. The van der Waals surface area contributed by atoms with Crippen molar-refractivity contribution in [3.63, 3.8) is 0 Å². The van der Waals surface area contributed by atoms with Crippen LogP contribution in [0.15, 0.2) is 52.1 Å². The van der Waals surface area contributed by atoms with Crippen molar-refractivity contribution in [2.45, 2.75) is 6.92 Å². The summed E-state index contributed by atoms with van der Waals surface area (Å²) in [6.07, 6.45) is 0. The normalized spacial score (nSPS) is 11.1. The number of halogens is 1. The van der Waals surface area contributed by atoms with Crippen LogP contribution < -0.4 is 16.6 Å². The van der Waals surface area contributed by atoms with Crippen molar-refractivity contribution in [2.24, 2.45) is 14.1 Å². The first-order chi connectivity index (χ1) is 14.3. The van der Waals surface area contributed by atoms with Gasteiger partial charge in [0.2, 0.25) is 0 Å². The van der Waals surface area contributed by atoms with Crippen molar-refractivity contribution >= 4 is 22.8 Å². The van der Waals surface area contributed by atoms with E-state index in [9.17, 15) is 18.8 Å². The summed E-state index contributed by atoms with van der Waals surface area (Å²) in [5.41, 5.74) is 0.318. The number of pyridine rings is 1. The van der Waals surface area contributed by atoms with Gasteiger partial charge in [0.25, 0.3) is 11.5 Å². The first-order valence-electron chi connectivity index (χ1n) is 8.97. The molecule has 3 heterocycles. The fourth-order valence-corrected chi connectivity index (χ4v) is 3.13. The van der Waals surface area contributed by atoms with Gasteiger partial charge < -0.3 is 5.32 Å². The first kappa shape index (κ1) is 19.2. The van der Waals surface area contributed by atoms with Crippen molar-refractivity contribution in [3.8, 4) is 5.69 Å². The molecule has 152 valence electrons. The highest BCUT2D eigenvalue weighted by Gasteiger charge is 2.16. The van der Waals surface area contributed by atoms with Crippen LogP contribution in [0.2, 0.25) is 0 Å². The molecular formula is C20H17FN6O3. The molecule has 1 amide bonds. The first-order valence-corrected chi connectivity index (χ1v) is 8.97. The van der Waals surface area contributed by atoms with Crippen molar-refractivity contribution in [3.05, 3.63) is 80.5 Å². The summed E-state index contributed by atoms with van der Waals surface area (Å²) in [4.78, 5) is 41.4. The summed E-state index contributed by atoms with van der Waals surface area (Å²) in [7, 11) is 2.86. The number of nitrogens with zero attached hydrogens (tertiary/aromatic N) is 5. The van der Waals surface area contributed by atoms with E-state index in [1.165, 1.54) is 59.7 Å². The highest BCUT2D eigenvalue weighted by molar-refractivity contribution is 6.03. The molecule has 0 atom stereocenters. The van der Waals surface area contributed by atoms with Gasteiger partial charge in [0, 0.05) is 20.2 Å². The number of hydrogen-bond donors (Lipinski definition) is 1. The zero-order valence-electron chi connectivity index (χ0n) is 16.4. The third kappa shape index (κ3) is 3.17. The molecule has 0 unspecified atom stereocenters. The van der Waals surface area contributed by atoms with Crippen LogP contribution in [0.25, 0.3) is 16.7 Å². The second-order valence-electron chi connectivity index (χ2n) is 6.79. The Bertz CT molecular complexity index is 1420. The monoisotopic (exact) mass is 408 g/mol. The lowest BCUT2D eigenvalue weighted by atomic mass is 10.2. The second kappa shape index (κ2) is 7.07. The molecule has 0 spiro atoms. The molecule has 0 fully saturated rings. The van der Waals surface area contributed by atoms with Crippen molar-refractivity contribution in [2.75, 3.05) is 5.32 Å². The van der Waals surface area contributed by atoms with Crippen molar-refractivity contribution in [1.82, 2.24) is 23.9 Å². The lowest BCUT2D eigenvalue weighted by molar-refractivity contribution is 0.102. The van der Waals surface area contributed by atoms with E-state index in [2.05, 4.69) is 15.4 Å². The summed E-state index contributed by atoms with van der Waals surface area (Å²) in [5.74, 6) is -0.567. The summed E-state index contributed by atoms with van der Waals surface area (Å²) in [5, 5.41) is 7.27. The van der Waals surface area contributed by atoms with E-state index in [0.29, 0.717) is 17.2 Å². The maximum atomic E-state index is 13.2. The summed E-state index contributed by atoms with van der Waals surface area (Å²) in [6, 6.07) is 10.2. The van der Waals surface area contributed by atoms with Gasteiger partial charge in [-0.05, 0) is 43.3 Å². The topological polar surface area (TPSA) is 104 Å². The molecule has 4 aromatic rings. The van der Waals surface area contributed by atoms with Crippen LogP contribution in [0.4, 0.5) is 10.2 Å². The van der Waals surface area contributed by atoms with Crippen LogP contribution in [0, 0.1) is 12.7 Å². The third-order valence-electron chi connectivity index (χ3n) is 4.68. The Hall–Kier alpha value is -4.08. The van der Waals surface area contributed by atoms with Crippen molar-refractivity contribution in [1.29, 1.82) is 0 Å².